The lowest BCUT2D eigenvalue weighted by Gasteiger charge is -2.19. The number of nitrogens with two attached hydrogens (primary N) is 1. The molecule has 0 heterocycles. The molecule has 0 aromatic heterocycles. The van der Waals surface area contributed by atoms with Gasteiger partial charge in [0.1, 0.15) is 0 Å². The Bertz CT molecular complexity index is 217. The molecule has 4 N–H and O–H groups in total. The Labute approximate surface area is 89.4 Å². The Morgan fingerprint density at radius 2 is 1.93 bits per heavy atom. The van der Waals surface area contributed by atoms with E-state index in [1.165, 1.54) is 5.48 Å². The van der Waals surface area contributed by atoms with E-state index in [9.17, 15) is 9.59 Å². The molecule has 0 saturated carbocycles. The molecule has 0 bridgehead atoms. The van der Waals surface area contributed by atoms with Crippen LogP contribution in [0.15, 0.2) is 0 Å². The van der Waals surface area contributed by atoms with Crippen molar-refractivity contribution >= 4 is 11.8 Å². The maximum atomic E-state index is 11.5. The third-order valence-corrected chi connectivity index (χ3v) is 2.23. The van der Waals surface area contributed by atoms with E-state index in [0.29, 0.717) is 13.1 Å². The van der Waals surface area contributed by atoms with E-state index in [1.54, 1.807) is 4.90 Å². The minimum Gasteiger partial charge on any atom is -0.343 e. The first-order chi connectivity index (χ1) is 7.06. The molecule has 6 nitrogen and oxygen atoms in total. The molecule has 0 aliphatic rings. The Kier molecular flexibility index (Phi) is 6.64. The first-order valence-corrected chi connectivity index (χ1v) is 5.04. The molecule has 0 rings (SSSR count). The third kappa shape index (κ3) is 4.75. The molecule has 88 valence electrons. The monoisotopic (exact) mass is 217 g/mol. The predicted octanol–water partition coefficient (Wildman–Crippen LogP) is -0.532. The lowest BCUT2D eigenvalue weighted by atomic mass is 10.1. The minimum absolute atomic E-state index is 0.0267. The van der Waals surface area contributed by atoms with Crippen LogP contribution < -0.4 is 11.2 Å². The predicted molar refractivity (Wildman–Crippen MR) is 55.1 cm³/mol. The van der Waals surface area contributed by atoms with Gasteiger partial charge in [0.05, 0.1) is 6.04 Å². The molecule has 0 aliphatic heterocycles. The van der Waals surface area contributed by atoms with Gasteiger partial charge in [0.15, 0.2) is 0 Å². The topological polar surface area (TPSA) is 95.7 Å². The first-order valence-electron chi connectivity index (χ1n) is 5.04. The van der Waals surface area contributed by atoms with E-state index in [4.69, 9.17) is 10.9 Å². The lowest BCUT2D eigenvalue weighted by molar-refractivity contribution is -0.132. The number of carbonyl (C=O) groups excluding carboxylic acids is 2. The summed E-state index contributed by atoms with van der Waals surface area (Å²) in [5.74, 6) is -0.691. The van der Waals surface area contributed by atoms with Gasteiger partial charge in [0, 0.05) is 19.5 Å². The van der Waals surface area contributed by atoms with Gasteiger partial charge in [-0.1, -0.05) is 0 Å². The molecule has 0 aromatic rings. The Hall–Kier alpha value is -1.14. The van der Waals surface area contributed by atoms with Crippen molar-refractivity contribution in [3.63, 3.8) is 0 Å². The van der Waals surface area contributed by atoms with Crippen molar-refractivity contribution in [3.05, 3.63) is 0 Å². The van der Waals surface area contributed by atoms with Crippen LogP contribution in [-0.4, -0.2) is 41.1 Å². The van der Waals surface area contributed by atoms with Crippen LogP contribution in [0, 0.1) is 0 Å². The zero-order valence-electron chi connectivity index (χ0n) is 9.19. The van der Waals surface area contributed by atoms with Gasteiger partial charge in [-0.05, 0) is 20.3 Å². The molecule has 0 unspecified atom stereocenters. The molecule has 6 heteroatoms. The second kappa shape index (κ2) is 7.19. The van der Waals surface area contributed by atoms with Gasteiger partial charge in [-0.2, -0.15) is 0 Å². The summed E-state index contributed by atoms with van der Waals surface area (Å²) in [5, 5.41) is 8.30. The molecule has 15 heavy (non-hydrogen) atoms. The van der Waals surface area contributed by atoms with Crippen molar-refractivity contribution < 1.29 is 14.8 Å². The van der Waals surface area contributed by atoms with Gasteiger partial charge in [-0.3, -0.25) is 14.8 Å². The molecule has 0 radical (unpaired) electrons. The zero-order chi connectivity index (χ0) is 11.8. The van der Waals surface area contributed by atoms with Gasteiger partial charge in [-0.15, -0.1) is 0 Å². The molecule has 0 saturated heterocycles. The largest absolute Gasteiger partial charge is 0.343 e. The number of carbonyl (C=O) groups is 2. The van der Waals surface area contributed by atoms with Crippen LogP contribution in [-0.2, 0) is 9.59 Å². The quantitative estimate of drug-likeness (QED) is 0.411. The van der Waals surface area contributed by atoms with Crippen molar-refractivity contribution in [2.75, 3.05) is 13.1 Å². The van der Waals surface area contributed by atoms with Crippen molar-refractivity contribution in [1.29, 1.82) is 0 Å². The van der Waals surface area contributed by atoms with Crippen molar-refractivity contribution in [1.82, 2.24) is 10.4 Å². The summed E-state index contributed by atoms with van der Waals surface area (Å²) >= 11 is 0. The summed E-state index contributed by atoms with van der Waals surface area (Å²) in [5.41, 5.74) is 6.87. The number of hydrogen-bond acceptors (Lipinski definition) is 4. The Morgan fingerprint density at radius 3 is 2.33 bits per heavy atom. The molecule has 2 amide bonds. The average Bonchev–Trinajstić information content (AvgIpc) is 2.26. The van der Waals surface area contributed by atoms with Crippen LogP contribution in [0.4, 0.5) is 0 Å². The summed E-state index contributed by atoms with van der Waals surface area (Å²) in [4.78, 5) is 24.0. The highest BCUT2D eigenvalue weighted by molar-refractivity contribution is 5.82. The average molecular weight is 217 g/mol. The second-order valence-corrected chi connectivity index (χ2v) is 3.19. The van der Waals surface area contributed by atoms with E-state index < -0.39 is 11.9 Å². The normalized spacial score (nSPS) is 12.0. The first kappa shape index (κ1) is 13.9. The van der Waals surface area contributed by atoms with E-state index in [0.717, 1.165) is 0 Å². The standard InChI is InChI=1S/C9H19N3O3/c1-3-12(4-2)8(13)6-5-7(10)9(14)11-15/h7,15H,3-6,10H2,1-2H3,(H,11,14)/t7-/m0/s1. The van der Waals surface area contributed by atoms with Gasteiger partial charge in [-0.25, -0.2) is 5.48 Å². The number of nitrogens with one attached hydrogen (secondary N) is 1. The second-order valence-electron chi connectivity index (χ2n) is 3.19. The molecule has 0 aromatic carbocycles. The van der Waals surface area contributed by atoms with Crippen LogP contribution >= 0.6 is 0 Å². The van der Waals surface area contributed by atoms with E-state index in [1.807, 2.05) is 13.8 Å². The summed E-state index contributed by atoms with van der Waals surface area (Å²) in [6, 6.07) is -0.838. The molecule has 0 aliphatic carbocycles. The molecule has 0 spiro atoms. The highest BCUT2D eigenvalue weighted by Gasteiger charge is 2.16. The minimum atomic E-state index is -0.838. The number of nitrogens with zero attached hydrogens (tertiary/aromatic N) is 1. The van der Waals surface area contributed by atoms with Crippen LogP contribution in [0.5, 0.6) is 0 Å². The lowest BCUT2D eigenvalue weighted by Crippen LogP contribution is -2.40. The van der Waals surface area contributed by atoms with Gasteiger partial charge < -0.3 is 10.6 Å². The summed E-state index contributed by atoms with van der Waals surface area (Å²) in [6.07, 6.45) is 0.456. The zero-order valence-corrected chi connectivity index (χ0v) is 9.19. The molecular formula is C9H19N3O3. The fraction of sp³-hybridized carbons (Fsp3) is 0.778. The SMILES string of the molecule is CCN(CC)C(=O)CC[C@H](N)C(=O)NO. The Balaban J connectivity index is 3.94. The van der Waals surface area contributed by atoms with Crippen LogP contribution in [0.2, 0.25) is 0 Å². The fourth-order valence-corrected chi connectivity index (χ4v) is 1.23. The van der Waals surface area contributed by atoms with E-state index in [2.05, 4.69) is 0 Å². The third-order valence-electron chi connectivity index (χ3n) is 2.23. The van der Waals surface area contributed by atoms with Crippen LogP contribution in [0.25, 0.3) is 0 Å². The van der Waals surface area contributed by atoms with Crippen molar-refractivity contribution in [2.45, 2.75) is 32.7 Å². The highest BCUT2D eigenvalue weighted by atomic mass is 16.5. The maximum absolute atomic E-state index is 11.5. The van der Waals surface area contributed by atoms with E-state index >= 15 is 0 Å². The van der Waals surface area contributed by atoms with Gasteiger partial charge in [0.25, 0.3) is 5.91 Å². The number of hydrogen-bond donors (Lipinski definition) is 3. The maximum Gasteiger partial charge on any atom is 0.260 e. The number of amides is 2. The summed E-state index contributed by atoms with van der Waals surface area (Å²) in [7, 11) is 0. The van der Waals surface area contributed by atoms with Crippen LogP contribution in [0.3, 0.4) is 0 Å². The highest BCUT2D eigenvalue weighted by Crippen LogP contribution is 2.00. The summed E-state index contributed by atoms with van der Waals surface area (Å²) in [6.45, 7) is 5.08. The van der Waals surface area contributed by atoms with Crippen molar-refractivity contribution in [2.24, 2.45) is 5.73 Å². The number of rotatable bonds is 6. The molecule has 1 atom stereocenters. The van der Waals surface area contributed by atoms with Crippen LogP contribution in [0.1, 0.15) is 26.7 Å². The van der Waals surface area contributed by atoms with Gasteiger partial charge >= 0.3 is 0 Å². The van der Waals surface area contributed by atoms with E-state index in [-0.39, 0.29) is 18.7 Å². The molecule has 0 fully saturated rings. The smallest absolute Gasteiger partial charge is 0.260 e. The fourth-order valence-electron chi connectivity index (χ4n) is 1.23. The van der Waals surface area contributed by atoms with Gasteiger partial charge in [0.2, 0.25) is 5.91 Å². The van der Waals surface area contributed by atoms with Crippen molar-refractivity contribution in [3.8, 4) is 0 Å². The Morgan fingerprint density at radius 1 is 1.40 bits per heavy atom. The summed E-state index contributed by atoms with van der Waals surface area (Å²) < 4.78 is 0. The number of hydroxylamine groups is 1. The molecular weight excluding hydrogens is 198 g/mol.